The van der Waals surface area contributed by atoms with Crippen LogP contribution in [0.3, 0.4) is 0 Å². The first-order valence-electron chi connectivity index (χ1n) is 5.16. The zero-order valence-electron chi connectivity index (χ0n) is 9.66. The van der Waals surface area contributed by atoms with Gasteiger partial charge in [0.25, 0.3) is 0 Å². The van der Waals surface area contributed by atoms with Gasteiger partial charge >= 0.3 is 0 Å². The molecule has 0 fully saturated rings. The topological polar surface area (TPSA) is 57.8 Å². The van der Waals surface area contributed by atoms with Crippen molar-refractivity contribution in [1.29, 1.82) is 0 Å². The van der Waals surface area contributed by atoms with Crippen LogP contribution in [0.4, 0.5) is 0 Å². The van der Waals surface area contributed by atoms with Crippen LogP contribution >= 0.6 is 0 Å². The standard InChI is InChI=1S/C10H15N5O/c1-8(2)15-5-9(4-12-15)16-6-10-13-11-7-14(10)3/h4-5,7-8H,6H2,1-3H3. The summed E-state index contributed by atoms with van der Waals surface area (Å²) in [7, 11) is 1.89. The van der Waals surface area contributed by atoms with Crippen molar-refractivity contribution in [1.82, 2.24) is 24.5 Å². The van der Waals surface area contributed by atoms with Gasteiger partial charge in [0.15, 0.2) is 11.6 Å². The second-order valence-electron chi connectivity index (χ2n) is 3.90. The van der Waals surface area contributed by atoms with Crippen LogP contribution in [0.15, 0.2) is 18.7 Å². The van der Waals surface area contributed by atoms with Gasteiger partial charge in [-0.2, -0.15) is 5.10 Å². The van der Waals surface area contributed by atoms with E-state index in [9.17, 15) is 0 Å². The number of aromatic nitrogens is 5. The molecule has 0 aliphatic rings. The van der Waals surface area contributed by atoms with Crippen LogP contribution in [0.2, 0.25) is 0 Å². The molecule has 0 aliphatic heterocycles. The zero-order chi connectivity index (χ0) is 11.5. The van der Waals surface area contributed by atoms with Crippen LogP contribution in [0, 0.1) is 0 Å². The molecule has 0 saturated heterocycles. The highest BCUT2D eigenvalue weighted by Crippen LogP contribution is 2.13. The van der Waals surface area contributed by atoms with Crippen molar-refractivity contribution < 1.29 is 4.74 Å². The lowest BCUT2D eigenvalue weighted by Gasteiger charge is -2.04. The smallest absolute Gasteiger partial charge is 0.170 e. The number of hydrogen-bond acceptors (Lipinski definition) is 4. The van der Waals surface area contributed by atoms with E-state index in [0.717, 1.165) is 11.6 Å². The third-order valence-corrected chi connectivity index (χ3v) is 2.28. The molecule has 0 aliphatic carbocycles. The molecule has 0 saturated carbocycles. The minimum atomic E-state index is 0.340. The lowest BCUT2D eigenvalue weighted by Crippen LogP contribution is -2.03. The van der Waals surface area contributed by atoms with Gasteiger partial charge in [0.1, 0.15) is 12.9 Å². The molecule has 2 aromatic rings. The molecule has 0 spiro atoms. The second-order valence-corrected chi connectivity index (χ2v) is 3.90. The fourth-order valence-corrected chi connectivity index (χ4v) is 1.26. The molecular formula is C10H15N5O. The van der Waals surface area contributed by atoms with Gasteiger partial charge in [0.2, 0.25) is 0 Å². The average molecular weight is 221 g/mol. The highest BCUT2D eigenvalue weighted by atomic mass is 16.5. The first-order valence-corrected chi connectivity index (χ1v) is 5.16. The van der Waals surface area contributed by atoms with Crippen molar-refractivity contribution in [2.24, 2.45) is 7.05 Å². The molecule has 16 heavy (non-hydrogen) atoms. The monoisotopic (exact) mass is 221 g/mol. The normalized spacial score (nSPS) is 11.0. The quantitative estimate of drug-likeness (QED) is 0.777. The van der Waals surface area contributed by atoms with Crippen molar-refractivity contribution in [2.75, 3.05) is 0 Å². The summed E-state index contributed by atoms with van der Waals surface area (Å²) in [4.78, 5) is 0. The van der Waals surface area contributed by atoms with E-state index >= 15 is 0 Å². The molecule has 2 heterocycles. The van der Waals surface area contributed by atoms with Crippen LogP contribution in [-0.2, 0) is 13.7 Å². The number of nitrogens with zero attached hydrogens (tertiary/aromatic N) is 5. The molecule has 0 N–H and O–H groups in total. The summed E-state index contributed by atoms with van der Waals surface area (Å²) in [6, 6.07) is 0.340. The molecule has 0 radical (unpaired) electrons. The molecule has 2 aromatic heterocycles. The number of aryl methyl sites for hydroxylation is 1. The van der Waals surface area contributed by atoms with E-state index in [0.29, 0.717) is 12.6 Å². The van der Waals surface area contributed by atoms with Gasteiger partial charge in [-0.1, -0.05) is 0 Å². The second kappa shape index (κ2) is 4.34. The molecule has 0 atom stereocenters. The molecule has 0 aromatic carbocycles. The Morgan fingerprint density at radius 2 is 2.25 bits per heavy atom. The highest BCUT2D eigenvalue weighted by molar-refractivity contribution is 5.12. The van der Waals surface area contributed by atoms with Gasteiger partial charge < -0.3 is 9.30 Å². The molecule has 0 unspecified atom stereocenters. The Balaban J connectivity index is 1.97. The molecule has 6 nitrogen and oxygen atoms in total. The lowest BCUT2D eigenvalue weighted by molar-refractivity contribution is 0.290. The van der Waals surface area contributed by atoms with E-state index in [1.54, 1.807) is 12.5 Å². The Labute approximate surface area is 93.9 Å². The number of rotatable bonds is 4. The van der Waals surface area contributed by atoms with Crippen molar-refractivity contribution in [2.45, 2.75) is 26.5 Å². The molecule has 0 bridgehead atoms. The van der Waals surface area contributed by atoms with E-state index in [2.05, 4.69) is 29.1 Å². The Bertz CT molecular complexity index is 459. The summed E-state index contributed by atoms with van der Waals surface area (Å²) in [5.74, 6) is 1.54. The first-order chi connectivity index (χ1) is 7.66. The third kappa shape index (κ3) is 2.21. The van der Waals surface area contributed by atoms with E-state index in [-0.39, 0.29) is 0 Å². The molecular weight excluding hydrogens is 206 g/mol. The predicted molar refractivity (Wildman–Crippen MR) is 57.9 cm³/mol. The van der Waals surface area contributed by atoms with Crippen molar-refractivity contribution in [3.8, 4) is 5.75 Å². The lowest BCUT2D eigenvalue weighted by atomic mass is 10.4. The summed E-state index contributed by atoms with van der Waals surface area (Å²) in [6.45, 7) is 4.54. The number of ether oxygens (including phenoxy) is 1. The fourth-order valence-electron chi connectivity index (χ4n) is 1.26. The maximum atomic E-state index is 5.56. The van der Waals surface area contributed by atoms with Crippen LogP contribution in [0.5, 0.6) is 5.75 Å². The van der Waals surface area contributed by atoms with Gasteiger partial charge in [0.05, 0.1) is 12.4 Å². The minimum Gasteiger partial charge on any atom is -0.482 e. The summed E-state index contributed by atoms with van der Waals surface area (Å²) in [6.07, 6.45) is 5.23. The van der Waals surface area contributed by atoms with Crippen LogP contribution < -0.4 is 4.74 Å². The van der Waals surface area contributed by atoms with Crippen LogP contribution in [0.25, 0.3) is 0 Å². The first kappa shape index (κ1) is 10.7. The summed E-state index contributed by atoms with van der Waals surface area (Å²) in [5.41, 5.74) is 0. The van der Waals surface area contributed by atoms with E-state index in [1.807, 2.05) is 22.5 Å². The van der Waals surface area contributed by atoms with Crippen molar-refractivity contribution in [3.05, 3.63) is 24.5 Å². The Kier molecular flexibility index (Phi) is 2.89. The van der Waals surface area contributed by atoms with E-state index < -0.39 is 0 Å². The average Bonchev–Trinajstić information content (AvgIpc) is 2.83. The van der Waals surface area contributed by atoms with Gasteiger partial charge in [-0.15, -0.1) is 10.2 Å². The predicted octanol–water partition coefficient (Wildman–Crippen LogP) is 1.17. The SMILES string of the molecule is CC(C)n1cc(OCc2nncn2C)cn1. The van der Waals surface area contributed by atoms with E-state index in [1.165, 1.54) is 0 Å². The molecule has 6 heteroatoms. The molecule has 2 rings (SSSR count). The van der Waals surface area contributed by atoms with Crippen molar-refractivity contribution in [3.63, 3.8) is 0 Å². The number of hydrogen-bond donors (Lipinski definition) is 0. The third-order valence-electron chi connectivity index (χ3n) is 2.28. The fraction of sp³-hybridized carbons (Fsp3) is 0.500. The molecule has 86 valence electrons. The summed E-state index contributed by atoms with van der Waals surface area (Å²) < 4.78 is 9.23. The van der Waals surface area contributed by atoms with Crippen LogP contribution in [-0.4, -0.2) is 24.5 Å². The molecule has 0 amide bonds. The van der Waals surface area contributed by atoms with Gasteiger partial charge in [-0.05, 0) is 13.8 Å². The van der Waals surface area contributed by atoms with Gasteiger partial charge in [-0.3, -0.25) is 4.68 Å². The maximum absolute atomic E-state index is 5.56. The Morgan fingerprint density at radius 3 is 2.81 bits per heavy atom. The Morgan fingerprint density at radius 1 is 1.44 bits per heavy atom. The van der Waals surface area contributed by atoms with Crippen LogP contribution in [0.1, 0.15) is 25.7 Å². The van der Waals surface area contributed by atoms with Crippen molar-refractivity contribution >= 4 is 0 Å². The zero-order valence-corrected chi connectivity index (χ0v) is 9.66. The largest absolute Gasteiger partial charge is 0.482 e. The minimum absolute atomic E-state index is 0.340. The van der Waals surface area contributed by atoms with Gasteiger partial charge in [0, 0.05) is 13.1 Å². The Hall–Kier alpha value is -1.85. The maximum Gasteiger partial charge on any atom is 0.170 e. The van der Waals surface area contributed by atoms with Gasteiger partial charge in [-0.25, -0.2) is 0 Å². The highest BCUT2D eigenvalue weighted by Gasteiger charge is 2.05. The summed E-state index contributed by atoms with van der Waals surface area (Å²) in [5, 5.41) is 11.9. The summed E-state index contributed by atoms with van der Waals surface area (Å²) >= 11 is 0. The van der Waals surface area contributed by atoms with E-state index in [4.69, 9.17) is 4.74 Å².